The molecule has 1 N–H and O–H groups in total. The topological polar surface area (TPSA) is 85.3 Å². The van der Waals surface area contributed by atoms with Gasteiger partial charge in [0.1, 0.15) is 10.5 Å². The van der Waals surface area contributed by atoms with E-state index in [0.717, 1.165) is 0 Å². The van der Waals surface area contributed by atoms with Gasteiger partial charge in [0.15, 0.2) is 0 Å². The van der Waals surface area contributed by atoms with E-state index in [1.165, 1.54) is 4.90 Å². The van der Waals surface area contributed by atoms with E-state index < -0.39 is 29.9 Å². The lowest BCUT2D eigenvalue weighted by atomic mass is 9.79. The van der Waals surface area contributed by atoms with Crippen molar-refractivity contribution >= 4 is 35.0 Å². The number of benzene rings is 1. The maximum atomic E-state index is 11.7. The van der Waals surface area contributed by atoms with Crippen molar-refractivity contribution in [1.82, 2.24) is 4.90 Å². The zero-order valence-electron chi connectivity index (χ0n) is 12.8. The summed E-state index contributed by atoms with van der Waals surface area (Å²) in [5.74, 6) is -0.410. The van der Waals surface area contributed by atoms with Crippen LogP contribution in [0, 0.1) is 0 Å². The number of nitrogens with zero attached hydrogens (tertiary/aromatic N) is 1. The van der Waals surface area contributed by atoms with Crippen LogP contribution in [0.25, 0.3) is 0 Å². The van der Waals surface area contributed by atoms with Crippen molar-refractivity contribution in [3.05, 3.63) is 29.8 Å². The molecule has 7 nitrogen and oxygen atoms in total. The normalized spacial score (nSPS) is 19.2. The quantitative estimate of drug-likeness (QED) is 0.598. The van der Waals surface area contributed by atoms with Gasteiger partial charge in [-0.05, 0) is 24.7 Å². The van der Waals surface area contributed by atoms with Gasteiger partial charge in [-0.15, -0.1) is 0 Å². The molecule has 1 aromatic carbocycles. The average Bonchev–Trinajstić information content (AvgIpc) is 2.51. The molecule has 0 unspecified atom stereocenters. The van der Waals surface area contributed by atoms with Crippen molar-refractivity contribution < 1.29 is 28.7 Å². The third-order valence-electron chi connectivity index (χ3n) is 3.31. The second kappa shape index (κ2) is 7.80. The van der Waals surface area contributed by atoms with Gasteiger partial charge in [-0.3, -0.25) is 14.5 Å². The number of halogens is 1. The highest BCUT2D eigenvalue weighted by atomic mass is 79.9. The fourth-order valence-corrected chi connectivity index (χ4v) is 2.64. The first-order chi connectivity index (χ1) is 10.9. The Bertz CT molecular complexity index is 549. The molecule has 0 radical (unpaired) electrons. The number of rotatable bonds is 4. The fourth-order valence-electron chi connectivity index (χ4n) is 2.12. The molecule has 1 heterocycles. The van der Waals surface area contributed by atoms with Crippen LogP contribution in [-0.4, -0.2) is 61.0 Å². The maximum absolute atomic E-state index is 11.7. The minimum atomic E-state index is -1.21. The molecule has 1 aromatic rings. The Labute approximate surface area is 142 Å². The summed E-state index contributed by atoms with van der Waals surface area (Å²) >= 11 is 3.26. The molecule has 1 saturated heterocycles. The molecule has 124 valence electrons. The lowest BCUT2D eigenvalue weighted by molar-refractivity contribution is -0.145. The van der Waals surface area contributed by atoms with Crippen molar-refractivity contribution in [3.8, 4) is 5.75 Å². The standard InChI is InChI=1S/C14H17BBrNO6/c1-17-7-11(18)22-15(23-12(19)8-17)14(16)13(20)9-3-5-10(21-2)6-4-9/h3-6,13-14,20H,7-8H2,1-2H3/t13-,14-/m0/s1. The van der Waals surface area contributed by atoms with E-state index in [2.05, 4.69) is 15.9 Å². The first-order valence-electron chi connectivity index (χ1n) is 6.94. The van der Waals surface area contributed by atoms with Gasteiger partial charge in [-0.25, -0.2) is 0 Å². The molecule has 0 bridgehead atoms. The summed E-state index contributed by atoms with van der Waals surface area (Å²) in [4.78, 5) is 25.0. The number of carbonyl (C=O) groups is 2. The van der Waals surface area contributed by atoms with E-state index in [9.17, 15) is 14.7 Å². The van der Waals surface area contributed by atoms with E-state index in [1.807, 2.05) is 0 Å². The highest BCUT2D eigenvalue weighted by Crippen LogP contribution is 2.27. The monoisotopic (exact) mass is 385 g/mol. The Morgan fingerprint density at radius 1 is 1.22 bits per heavy atom. The van der Waals surface area contributed by atoms with E-state index in [4.69, 9.17) is 14.0 Å². The summed E-state index contributed by atoms with van der Waals surface area (Å²) in [6.07, 6.45) is -1.04. The smallest absolute Gasteiger partial charge is 0.497 e. The zero-order valence-corrected chi connectivity index (χ0v) is 14.4. The Hall–Kier alpha value is -1.58. The molecule has 0 amide bonds. The molecule has 9 heteroatoms. The maximum Gasteiger partial charge on any atom is 0.616 e. The lowest BCUT2D eigenvalue weighted by Gasteiger charge is -2.26. The van der Waals surface area contributed by atoms with E-state index in [1.54, 1.807) is 38.4 Å². The fraction of sp³-hybridized carbons (Fsp3) is 0.429. The van der Waals surface area contributed by atoms with Gasteiger partial charge in [0.2, 0.25) is 0 Å². The largest absolute Gasteiger partial charge is 0.616 e. The highest BCUT2D eigenvalue weighted by Gasteiger charge is 2.42. The molecule has 0 aliphatic carbocycles. The third kappa shape index (κ3) is 4.70. The van der Waals surface area contributed by atoms with Crippen LogP contribution in [0.3, 0.4) is 0 Å². The number of likely N-dealkylation sites (N-methyl/N-ethyl adjacent to an activating group) is 1. The second-order valence-corrected chi connectivity index (χ2v) is 6.24. The van der Waals surface area contributed by atoms with Crippen LogP contribution in [-0.2, 0) is 18.9 Å². The molecule has 2 atom stereocenters. The average molecular weight is 386 g/mol. The van der Waals surface area contributed by atoms with Crippen molar-refractivity contribution in [2.45, 2.75) is 10.8 Å². The van der Waals surface area contributed by atoms with E-state index >= 15 is 0 Å². The van der Waals surface area contributed by atoms with Crippen molar-refractivity contribution in [2.75, 3.05) is 27.2 Å². The van der Waals surface area contributed by atoms with E-state index in [0.29, 0.717) is 11.3 Å². The van der Waals surface area contributed by atoms with Crippen LogP contribution in [0.4, 0.5) is 0 Å². The zero-order chi connectivity index (χ0) is 17.0. The van der Waals surface area contributed by atoms with Gasteiger partial charge in [-0.1, -0.05) is 28.1 Å². The predicted molar refractivity (Wildman–Crippen MR) is 86.1 cm³/mol. The highest BCUT2D eigenvalue weighted by molar-refractivity contribution is 9.10. The number of alkyl halides is 1. The molecule has 23 heavy (non-hydrogen) atoms. The predicted octanol–water partition coefficient (Wildman–Crippen LogP) is 0.551. The number of ether oxygens (including phenoxy) is 1. The van der Waals surface area contributed by atoms with Gasteiger partial charge < -0.3 is 19.2 Å². The molecule has 0 aromatic heterocycles. The molecule has 1 aliphatic heterocycles. The van der Waals surface area contributed by atoms with Crippen LogP contribution < -0.4 is 4.74 Å². The first-order valence-corrected chi connectivity index (χ1v) is 7.86. The van der Waals surface area contributed by atoms with Gasteiger partial charge >= 0.3 is 19.1 Å². The molecule has 0 saturated carbocycles. The molecule has 1 aliphatic rings. The van der Waals surface area contributed by atoms with Gasteiger partial charge in [0.25, 0.3) is 0 Å². The van der Waals surface area contributed by atoms with Crippen molar-refractivity contribution in [1.29, 1.82) is 0 Å². The number of methoxy groups -OCH3 is 1. The Morgan fingerprint density at radius 3 is 2.22 bits per heavy atom. The minimum Gasteiger partial charge on any atom is -0.497 e. The number of hydrogen-bond donors (Lipinski definition) is 1. The summed E-state index contributed by atoms with van der Waals surface area (Å²) in [6, 6.07) is 6.75. The molecule has 1 fully saturated rings. The van der Waals surface area contributed by atoms with Crippen LogP contribution in [0.1, 0.15) is 11.7 Å². The van der Waals surface area contributed by atoms with Crippen LogP contribution in [0.5, 0.6) is 5.75 Å². The van der Waals surface area contributed by atoms with Crippen molar-refractivity contribution in [2.24, 2.45) is 0 Å². The summed E-state index contributed by atoms with van der Waals surface area (Å²) in [5.41, 5.74) is 0.568. The lowest BCUT2D eigenvalue weighted by Crippen LogP contribution is -2.47. The Kier molecular flexibility index (Phi) is 6.03. The summed E-state index contributed by atoms with van der Waals surface area (Å²) in [5, 5.41) is 10.4. The number of hydrogen-bond acceptors (Lipinski definition) is 7. The van der Waals surface area contributed by atoms with Crippen LogP contribution >= 0.6 is 15.9 Å². The summed E-state index contributed by atoms with van der Waals surface area (Å²) < 4.78 is 14.5. The molecular formula is C14H17BBrNO6. The summed E-state index contributed by atoms with van der Waals surface area (Å²) in [6.45, 7) is -0.0477. The van der Waals surface area contributed by atoms with Crippen LogP contribution in [0.2, 0.25) is 0 Å². The Morgan fingerprint density at radius 2 is 1.74 bits per heavy atom. The SMILES string of the molecule is COc1ccc([C@H](O)[C@H](Br)B2OC(=O)CN(C)CC(=O)O2)cc1. The molecular weight excluding hydrogens is 369 g/mol. The minimum absolute atomic E-state index is 0.0239. The molecule has 2 rings (SSSR count). The van der Waals surface area contributed by atoms with Gasteiger partial charge in [-0.2, -0.15) is 0 Å². The van der Waals surface area contributed by atoms with E-state index in [-0.39, 0.29) is 13.1 Å². The number of aliphatic hydroxyl groups excluding tert-OH is 1. The third-order valence-corrected chi connectivity index (χ3v) is 4.24. The van der Waals surface area contributed by atoms with Crippen LogP contribution in [0.15, 0.2) is 24.3 Å². The second-order valence-electron chi connectivity index (χ2n) is 5.18. The molecule has 0 spiro atoms. The summed E-state index contributed by atoms with van der Waals surface area (Å²) in [7, 11) is 1.95. The Balaban J connectivity index is 2.10. The van der Waals surface area contributed by atoms with Crippen molar-refractivity contribution in [3.63, 3.8) is 0 Å². The number of aliphatic hydroxyl groups is 1. The first kappa shape index (κ1) is 17.8. The van der Waals surface area contributed by atoms with Gasteiger partial charge in [0, 0.05) is 0 Å². The van der Waals surface area contributed by atoms with Gasteiger partial charge in [0.05, 0.1) is 26.3 Å². The number of carbonyl (C=O) groups excluding carboxylic acids is 2.